The SMILES string of the molecule is C=C[Si]1(C=C)CO[SiH2][SiH2][SiH2]1. The average molecular weight is 203 g/mol. The fraction of sp³-hybridized carbons (Fsp3) is 0.200. The van der Waals surface area contributed by atoms with Crippen molar-refractivity contribution >= 4 is 34.0 Å². The van der Waals surface area contributed by atoms with Crippen LogP contribution in [-0.2, 0) is 4.43 Å². The number of hydrogen-bond donors (Lipinski definition) is 0. The second-order valence-electron chi connectivity index (χ2n) is 2.80. The maximum Gasteiger partial charge on any atom is 0.139 e. The maximum absolute atomic E-state index is 5.62. The molecule has 10 heavy (non-hydrogen) atoms. The summed E-state index contributed by atoms with van der Waals surface area (Å²) >= 11 is 0. The molecule has 5 heteroatoms. The molecule has 1 saturated heterocycles. The van der Waals surface area contributed by atoms with Crippen LogP contribution in [0.2, 0.25) is 0 Å². The Bertz CT molecular complexity index is 131. The molecule has 1 fully saturated rings. The van der Waals surface area contributed by atoms with E-state index in [1.54, 1.807) is 0 Å². The van der Waals surface area contributed by atoms with E-state index in [-0.39, 0.29) is 9.28 Å². The van der Waals surface area contributed by atoms with Gasteiger partial charge in [-0.3, -0.25) is 0 Å². The molecule has 1 aliphatic heterocycles. The van der Waals surface area contributed by atoms with E-state index in [1.165, 1.54) is 0 Å². The minimum absolute atomic E-state index is 0.0608. The van der Waals surface area contributed by atoms with Crippen LogP contribution in [0.3, 0.4) is 0 Å². The van der Waals surface area contributed by atoms with Gasteiger partial charge in [-0.2, -0.15) is 0 Å². The van der Waals surface area contributed by atoms with E-state index in [0.29, 0.717) is 17.1 Å². The number of hydrogen-bond acceptors (Lipinski definition) is 1. The van der Waals surface area contributed by atoms with E-state index in [9.17, 15) is 0 Å². The molecule has 0 aromatic carbocycles. The summed E-state index contributed by atoms with van der Waals surface area (Å²) < 4.78 is 5.62. The van der Waals surface area contributed by atoms with Crippen molar-refractivity contribution in [3.05, 3.63) is 24.6 Å². The minimum atomic E-state index is -1.09. The minimum Gasteiger partial charge on any atom is -0.431 e. The van der Waals surface area contributed by atoms with Crippen LogP contribution >= 0.6 is 0 Å². The largest absolute Gasteiger partial charge is 0.431 e. The molecular weight excluding hydrogens is 188 g/mol. The first-order valence-electron chi connectivity index (χ1n) is 3.68. The summed E-state index contributed by atoms with van der Waals surface area (Å²) in [5, 5.41) is 0. The zero-order chi connectivity index (χ0) is 7.45. The summed E-state index contributed by atoms with van der Waals surface area (Å²) in [5.41, 5.74) is 4.40. The fourth-order valence-corrected chi connectivity index (χ4v) is 48.3. The van der Waals surface area contributed by atoms with E-state index in [4.69, 9.17) is 4.43 Å². The Hall–Kier alpha value is 0.308. The highest BCUT2D eigenvalue weighted by molar-refractivity contribution is 7.56. The molecule has 0 spiro atoms. The lowest BCUT2D eigenvalue weighted by molar-refractivity contribution is 0.416. The van der Waals surface area contributed by atoms with Crippen LogP contribution in [0.15, 0.2) is 24.6 Å². The van der Waals surface area contributed by atoms with Gasteiger partial charge in [-0.25, -0.2) is 0 Å². The summed E-state index contributed by atoms with van der Waals surface area (Å²) in [7, 11) is -0.378. The van der Waals surface area contributed by atoms with Crippen LogP contribution in [0.1, 0.15) is 0 Å². The molecule has 0 radical (unpaired) electrons. The van der Waals surface area contributed by atoms with Gasteiger partial charge in [0.2, 0.25) is 0 Å². The van der Waals surface area contributed by atoms with Crippen molar-refractivity contribution in [1.82, 2.24) is 0 Å². The molecule has 0 aromatic rings. The first-order valence-corrected chi connectivity index (χ1v) is 16.9. The first kappa shape index (κ1) is 8.40. The fourth-order valence-electron chi connectivity index (χ4n) is 1.24. The molecule has 0 N–H and O–H groups in total. The summed E-state index contributed by atoms with van der Waals surface area (Å²) in [5.74, 6) is 0. The van der Waals surface area contributed by atoms with Crippen LogP contribution in [0.5, 0.6) is 0 Å². The summed E-state index contributed by atoms with van der Waals surface area (Å²) in [6.07, 6.45) is 1.06. The lowest BCUT2D eigenvalue weighted by Gasteiger charge is -2.27. The van der Waals surface area contributed by atoms with E-state index in [0.717, 1.165) is 6.23 Å². The van der Waals surface area contributed by atoms with Crippen molar-refractivity contribution in [1.29, 1.82) is 0 Å². The molecule has 0 amide bonds. The Kier molecular flexibility index (Phi) is 3.05. The van der Waals surface area contributed by atoms with Gasteiger partial charge >= 0.3 is 0 Å². The highest BCUT2D eigenvalue weighted by atomic mass is 29.7. The van der Waals surface area contributed by atoms with Gasteiger partial charge in [0.25, 0.3) is 0 Å². The molecule has 0 bridgehead atoms. The smallest absolute Gasteiger partial charge is 0.139 e. The van der Waals surface area contributed by atoms with Crippen molar-refractivity contribution < 1.29 is 4.43 Å². The van der Waals surface area contributed by atoms with Gasteiger partial charge in [0.1, 0.15) is 16.9 Å². The van der Waals surface area contributed by atoms with Gasteiger partial charge in [-0.05, 0) is 0 Å². The summed E-state index contributed by atoms with van der Waals surface area (Å²) in [6.45, 7) is 7.82. The predicted molar refractivity (Wildman–Crippen MR) is 57.7 cm³/mol. The highest BCUT2D eigenvalue weighted by Crippen LogP contribution is 2.06. The Morgan fingerprint density at radius 2 is 2.10 bits per heavy atom. The zero-order valence-electron chi connectivity index (χ0n) is 6.31. The van der Waals surface area contributed by atoms with Crippen LogP contribution in [0.25, 0.3) is 0 Å². The Morgan fingerprint density at radius 3 is 2.40 bits per heavy atom. The lowest BCUT2D eigenvalue weighted by atomic mass is 11.2. The molecule has 0 aromatic heterocycles. The highest BCUT2D eigenvalue weighted by Gasteiger charge is 2.28. The normalized spacial score (nSPS) is 30.8. The Labute approximate surface area is 69.5 Å². The van der Waals surface area contributed by atoms with Gasteiger partial charge in [-0.1, -0.05) is 11.4 Å². The van der Waals surface area contributed by atoms with Gasteiger partial charge in [0, 0.05) is 23.3 Å². The summed E-state index contributed by atoms with van der Waals surface area (Å²) in [4.78, 5) is 0. The van der Waals surface area contributed by atoms with Gasteiger partial charge < -0.3 is 4.43 Å². The molecule has 1 rings (SSSR count). The second kappa shape index (κ2) is 3.63. The van der Waals surface area contributed by atoms with Crippen molar-refractivity contribution in [2.75, 3.05) is 6.23 Å². The Balaban J connectivity index is 2.60. The van der Waals surface area contributed by atoms with E-state index >= 15 is 0 Å². The molecule has 56 valence electrons. The topological polar surface area (TPSA) is 9.23 Å². The van der Waals surface area contributed by atoms with Crippen LogP contribution in [-0.4, -0.2) is 40.2 Å². The van der Waals surface area contributed by atoms with E-state index < -0.39 is 7.59 Å². The van der Waals surface area contributed by atoms with Crippen LogP contribution in [0.4, 0.5) is 0 Å². The van der Waals surface area contributed by atoms with Crippen molar-refractivity contribution in [2.24, 2.45) is 0 Å². The monoisotopic (exact) mass is 202 g/mol. The molecule has 0 unspecified atom stereocenters. The maximum atomic E-state index is 5.62. The molecule has 0 atom stereocenters. The first-order chi connectivity index (χ1) is 4.83. The van der Waals surface area contributed by atoms with Crippen molar-refractivity contribution in [3.63, 3.8) is 0 Å². The third-order valence-electron chi connectivity index (χ3n) is 2.11. The van der Waals surface area contributed by atoms with Crippen molar-refractivity contribution in [3.8, 4) is 0 Å². The van der Waals surface area contributed by atoms with Gasteiger partial charge in [-0.15, -0.1) is 13.2 Å². The molecule has 1 heterocycles. The Morgan fingerprint density at radius 1 is 1.40 bits per heavy atom. The predicted octanol–water partition coefficient (Wildman–Crippen LogP) is -1.80. The van der Waals surface area contributed by atoms with Gasteiger partial charge in [0.05, 0.1) is 0 Å². The number of rotatable bonds is 2. The third-order valence-corrected chi connectivity index (χ3v) is 38.6. The average Bonchev–Trinajstić information content (AvgIpc) is 2.06. The quantitative estimate of drug-likeness (QED) is 0.481. The molecule has 1 aliphatic rings. The zero-order valence-corrected chi connectivity index (χ0v) is 11.5. The van der Waals surface area contributed by atoms with Crippen LogP contribution in [0, 0.1) is 0 Å². The van der Waals surface area contributed by atoms with E-state index in [2.05, 4.69) is 24.6 Å². The van der Waals surface area contributed by atoms with Gasteiger partial charge in [0.15, 0.2) is 0 Å². The standard InChI is InChI=1S/C5H14OSi4/c1-3-10(4-2)5-6-7-8-9-10/h3-4H,1-2,5,7-9H2. The van der Waals surface area contributed by atoms with Crippen molar-refractivity contribution in [2.45, 2.75) is 0 Å². The lowest BCUT2D eigenvalue weighted by Crippen LogP contribution is -2.53. The van der Waals surface area contributed by atoms with Crippen LogP contribution < -0.4 is 0 Å². The summed E-state index contributed by atoms with van der Waals surface area (Å²) in [6, 6.07) is 0. The second-order valence-corrected chi connectivity index (χ2v) is 28.1. The third kappa shape index (κ3) is 1.67. The molecule has 0 saturated carbocycles. The molecular formula is C5H14OSi4. The van der Waals surface area contributed by atoms with E-state index in [1.807, 2.05) is 0 Å². The molecule has 0 aliphatic carbocycles. The molecule has 1 nitrogen and oxygen atoms in total.